The minimum absolute atomic E-state index is 0.253. The maximum atomic E-state index is 11.1. The molecule has 1 aromatic carbocycles. The Morgan fingerprint density at radius 2 is 1.65 bits per heavy atom. The molecule has 0 radical (unpaired) electrons. The van der Waals surface area contributed by atoms with Gasteiger partial charge in [0, 0.05) is 18.4 Å². The van der Waals surface area contributed by atoms with Crippen LogP contribution < -0.4 is 4.90 Å². The molecule has 4 heteroatoms. The van der Waals surface area contributed by atoms with Crippen molar-refractivity contribution in [2.24, 2.45) is 0 Å². The first-order chi connectivity index (χ1) is 9.36. The van der Waals surface area contributed by atoms with Crippen LogP contribution in [-0.4, -0.2) is 23.1 Å². The predicted octanol–water partition coefficient (Wildman–Crippen LogP) is 3.47. The van der Waals surface area contributed by atoms with Gasteiger partial charge in [0.2, 0.25) is 0 Å². The molecule has 1 N–H and O–H groups in total. The average Bonchev–Trinajstić information content (AvgIpc) is 2.35. The van der Waals surface area contributed by atoms with E-state index in [-0.39, 0.29) is 5.56 Å². The average molecular weight is 270 g/mol. The minimum Gasteiger partial charge on any atom is -0.478 e. The van der Waals surface area contributed by atoms with E-state index < -0.39 is 5.97 Å². The van der Waals surface area contributed by atoms with Crippen LogP contribution >= 0.6 is 0 Å². The van der Waals surface area contributed by atoms with Crippen LogP contribution in [0.15, 0.2) is 30.3 Å². The van der Waals surface area contributed by atoms with Gasteiger partial charge in [0.15, 0.2) is 0 Å². The van der Waals surface area contributed by atoms with Gasteiger partial charge in [0.05, 0.1) is 5.56 Å². The number of carbonyl (C=O) groups is 1. The van der Waals surface area contributed by atoms with Crippen molar-refractivity contribution in [1.29, 1.82) is 0 Å². The lowest BCUT2D eigenvalue weighted by molar-refractivity contribution is 0.0696. The summed E-state index contributed by atoms with van der Waals surface area (Å²) in [5.74, 6) is -0.307. The standard InChI is InChI=1S/C16H18N2O2/c1-10-5-11(2)7-14(6-10)18(4)15-9-13(16(19)20)8-12(3)17-15/h5-9H,1-4H3,(H,19,20). The molecule has 1 aromatic heterocycles. The topological polar surface area (TPSA) is 53.4 Å². The van der Waals surface area contributed by atoms with E-state index in [4.69, 9.17) is 5.11 Å². The molecule has 0 bridgehead atoms. The zero-order valence-corrected chi connectivity index (χ0v) is 12.1. The van der Waals surface area contributed by atoms with Crippen molar-refractivity contribution in [3.8, 4) is 0 Å². The SMILES string of the molecule is Cc1cc(C)cc(N(C)c2cc(C(=O)O)cc(C)n2)c1. The lowest BCUT2D eigenvalue weighted by Gasteiger charge is -2.20. The number of carboxylic acids is 1. The van der Waals surface area contributed by atoms with Crippen molar-refractivity contribution in [1.82, 2.24) is 4.98 Å². The third kappa shape index (κ3) is 2.96. The van der Waals surface area contributed by atoms with Crippen LogP contribution in [0.2, 0.25) is 0 Å². The molecule has 0 spiro atoms. The van der Waals surface area contributed by atoms with Gasteiger partial charge in [-0.05, 0) is 56.2 Å². The fourth-order valence-electron chi connectivity index (χ4n) is 2.22. The first-order valence-corrected chi connectivity index (χ1v) is 6.41. The summed E-state index contributed by atoms with van der Waals surface area (Å²) in [7, 11) is 1.89. The van der Waals surface area contributed by atoms with Crippen LogP contribution in [0.5, 0.6) is 0 Å². The number of pyridine rings is 1. The number of aryl methyl sites for hydroxylation is 3. The second-order valence-electron chi connectivity index (χ2n) is 5.07. The summed E-state index contributed by atoms with van der Waals surface area (Å²) in [4.78, 5) is 17.4. The van der Waals surface area contributed by atoms with Crippen molar-refractivity contribution in [3.05, 3.63) is 52.7 Å². The molecule has 0 aliphatic rings. The minimum atomic E-state index is -0.939. The number of carboxylic acid groups (broad SMARTS) is 1. The Kier molecular flexibility index (Phi) is 3.74. The van der Waals surface area contributed by atoms with Gasteiger partial charge < -0.3 is 10.0 Å². The normalized spacial score (nSPS) is 10.4. The number of hydrogen-bond donors (Lipinski definition) is 1. The molecular weight excluding hydrogens is 252 g/mol. The number of hydrogen-bond acceptors (Lipinski definition) is 3. The molecule has 0 saturated heterocycles. The molecule has 0 aliphatic carbocycles. The Hall–Kier alpha value is -2.36. The van der Waals surface area contributed by atoms with E-state index in [0.29, 0.717) is 11.5 Å². The summed E-state index contributed by atoms with van der Waals surface area (Å²) in [5.41, 5.74) is 4.27. The van der Waals surface area contributed by atoms with Gasteiger partial charge >= 0.3 is 5.97 Å². The molecule has 104 valence electrons. The van der Waals surface area contributed by atoms with Gasteiger partial charge in [-0.2, -0.15) is 0 Å². The van der Waals surface area contributed by atoms with Gasteiger partial charge in [-0.1, -0.05) is 6.07 Å². The van der Waals surface area contributed by atoms with Crippen molar-refractivity contribution in [2.75, 3.05) is 11.9 Å². The van der Waals surface area contributed by atoms with Crippen LogP contribution in [0.4, 0.5) is 11.5 Å². The lowest BCUT2D eigenvalue weighted by Crippen LogP contribution is -2.13. The van der Waals surface area contributed by atoms with E-state index in [2.05, 4.69) is 23.2 Å². The highest BCUT2D eigenvalue weighted by atomic mass is 16.4. The van der Waals surface area contributed by atoms with Gasteiger partial charge in [-0.15, -0.1) is 0 Å². The largest absolute Gasteiger partial charge is 0.478 e. The summed E-state index contributed by atoms with van der Waals surface area (Å²) >= 11 is 0. The first-order valence-electron chi connectivity index (χ1n) is 6.41. The number of rotatable bonds is 3. The van der Waals surface area contributed by atoms with Crippen molar-refractivity contribution in [3.63, 3.8) is 0 Å². The lowest BCUT2D eigenvalue weighted by atomic mass is 10.1. The summed E-state index contributed by atoms with van der Waals surface area (Å²) in [6.45, 7) is 5.87. The van der Waals surface area contributed by atoms with Gasteiger partial charge in [-0.3, -0.25) is 0 Å². The second kappa shape index (κ2) is 5.33. The van der Waals surface area contributed by atoms with Crippen LogP contribution in [0.1, 0.15) is 27.2 Å². The Bertz CT molecular complexity index is 645. The molecule has 0 amide bonds. The highest BCUT2D eigenvalue weighted by Crippen LogP contribution is 2.25. The zero-order valence-electron chi connectivity index (χ0n) is 12.1. The molecule has 2 aromatic rings. The zero-order chi connectivity index (χ0) is 14.9. The van der Waals surface area contributed by atoms with Gasteiger partial charge in [-0.25, -0.2) is 9.78 Å². The van der Waals surface area contributed by atoms with Crippen LogP contribution in [-0.2, 0) is 0 Å². The fourth-order valence-corrected chi connectivity index (χ4v) is 2.22. The Morgan fingerprint density at radius 3 is 2.20 bits per heavy atom. The number of aromatic carboxylic acids is 1. The van der Waals surface area contributed by atoms with E-state index in [0.717, 1.165) is 16.8 Å². The molecule has 4 nitrogen and oxygen atoms in total. The second-order valence-corrected chi connectivity index (χ2v) is 5.07. The quantitative estimate of drug-likeness (QED) is 0.927. The maximum Gasteiger partial charge on any atom is 0.335 e. The maximum absolute atomic E-state index is 11.1. The summed E-state index contributed by atoms with van der Waals surface area (Å²) in [6, 6.07) is 9.37. The van der Waals surface area contributed by atoms with Crippen LogP contribution in [0.3, 0.4) is 0 Å². The monoisotopic (exact) mass is 270 g/mol. The number of aromatic nitrogens is 1. The van der Waals surface area contributed by atoms with Crippen molar-refractivity contribution < 1.29 is 9.90 Å². The number of anilines is 2. The number of benzene rings is 1. The predicted molar refractivity (Wildman–Crippen MR) is 79.9 cm³/mol. The molecule has 0 atom stereocenters. The fraction of sp³-hybridized carbons (Fsp3) is 0.250. The summed E-state index contributed by atoms with van der Waals surface area (Å²) in [6.07, 6.45) is 0. The van der Waals surface area contributed by atoms with Gasteiger partial charge in [0.1, 0.15) is 5.82 Å². The molecule has 20 heavy (non-hydrogen) atoms. The Morgan fingerprint density at radius 1 is 1.05 bits per heavy atom. The molecule has 2 rings (SSSR count). The van der Waals surface area contributed by atoms with E-state index in [9.17, 15) is 4.79 Å². The molecular formula is C16H18N2O2. The first kappa shape index (κ1) is 14.1. The summed E-state index contributed by atoms with van der Waals surface area (Å²) in [5, 5.41) is 9.13. The van der Waals surface area contributed by atoms with Crippen molar-refractivity contribution in [2.45, 2.75) is 20.8 Å². The van der Waals surface area contributed by atoms with Crippen LogP contribution in [0, 0.1) is 20.8 Å². The van der Waals surface area contributed by atoms with E-state index in [1.54, 1.807) is 19.1 Å². The van der Waals surface area contributed by atoms with Crippen LogP contribution in [0.25, 0.3) is 0 Å². The molecule has 1 heterocycles. The molecule has 0 saturated carbocycles. The van der Waals surface area contributed by atoms with E-state index in [1.807, 2.05) is 25.8 Å². The third-order valence-corrected chi connectivity index (χ3v) is 3.12. The van der Waals surface area contributed by atoms with Gasteiger partial charge in [0.25, 0.3) is 0 Å². The Balaban J connectivity index is 2.47. The molecule has 0 aliphatic heterocycles. The van der Waals surface area contributed by atoms with Crippen molar-refractivity contribution >= 4 is 17.5 Å². The smallest absolute Gasteiger partial charge is 0.335 e. The van der Waals surface area contributed by atoms with E-state index >= 15 is 0 Å². The molecule has 0 fully saturated rings. The van der Waals surface area contributed by atoms with E-state index in [1.165, 1.54) is 0 Å². The number of nitrogens with zero attached hydrogens (tertiary/aromatic N) is 2. The highest BCUT2D eigenvalue weighted by molar-refractivity contribution is 5.89. The Labute approximate surface area is 118 Å². The highest BCUT2D eigenvalue weighted by Gasteiger charge is 2.11. The molecule has 0 unspecified atom stereocenters. The summed E-state index contributed by atoms with van der Waals surface area (Å²) < 4.78 is 0. The third-order valence-electron chi connectivity index (χ3n) is 3.12.